The molecule has 0 aliphatic rings. The lowest BCUT2D eigenvalue weighted by atomic mass is 9.93. The Morgan fingerprint density at radius 2 is 1.89 bits per heavy atom. The highest BCUT2D eigenvalue weighted by Crippen LogP contribution is 2.28. The summed E-state index contributed by atoms with van der Waals surface area (Å²) in [6.45, 7) is 7.75. The van der Waals surface area contributed by atoms with Gasteiger partial charge in [-0.1, -0.05) is 25.5 Å². The summed E-state index contributed by atoms with van der Waals surface area (Å²) in [6, 6.07) is 7.46. The van der Waals surface area contributed by atoms with Crippen LogP contribution in [0.15, 0.2) is 24.3 Å². The summed E-state index contributed by atoms with van der Waals surface area (Å²) in [5.74, 6) is 0.425. The number of ether oxygens (including phenoxy) is 1. The van der Waals surface area contributed by atoms with Gasteiger partial charge in [-0.05, 0) is 38.0 Å². The highest BCUT2D eigenvalue weighted by atomic mass is 16.5. The number of rotatable bonds is 6. The van der Waals surface area contributed by atoms with Crippen molar-refractivity contribution in [1.29, 1.82) is 0 Å². The maximum absolute atomic E-state index is 11.3. The lowest BCUT2D eigenvalue weighted by molar-refractivity contribution is -0.189. The van der Waals surface area contributed by atoms with Crippen LogP contribution in [0.1, 0.15) is 46.1 Å². The Morgan fingerprint density at radius 1 is 1.32 bits per heavy atom. The first-order valence-electron chi connectivity index (χ1n) is 6.62. The van der Waals surface area contributed by atoms with E-state index in [2.05, 4.69) is 6.92 Å². The summed E-state index contributed by atoms with van der Waals surface area (Å²) >= 11 is 0. The Balaban J connectivity index is 2.77. The number of carbonyl (C=O) groups excluding carboxylic acids is 1. The van der Waals surface area contributed by atoms with Crippen molar-refractivity contribution in [2.75, 3.05) is 6.61 Å². The average molecular weight is 265 g/mol. The number of hydrogen-bond acceptors (Lipinski definition) is 3. The SMILES string of the molecule is CCCCOc1ccc(C(C)(C)N(O)C(C)=O)cc1. The van der Waals surface area contributed by atoms with E-state index in [1.54, 1.807) is 13.8 Å². The van der Waals surface area contributed by atoms with Crippen molar-refractivity contribution in [3.63, 3.8) is 0 Å². The minimum Gasteiger partial charge on any atom is -0.494 e. The molecule has 1 aromatic rings. The fourth-order valence-electron chi connectivity index (χ4n) is 1.81. The Kier molecular flexibility index (Phi) is 5.36. The highest BCUT2D eigenvalue weighted by molar-refractivity contribution is 5.73. The molecule has 1 N–H and O–H groups in total. The maximum Gasteiger partial charge on any atom is 0.243 e. The molecule has 106 valence electrons. The summed E-state index contributed by atoms with van der Waals surface area (Å²) in [5, 5.41) is 10.6. The van der Waals surface area contributed by atoms with Crippen molar-refractivity contribution in [3.8, 4) is 5.75 Å². The highest BCUT2D eigenvalue weighted by Gasteiger charge is 2.29. The number of hydrogen-bond donors (Lipinski definition) is 1. The predicted octanol–water partition coefficient (Wildman–Crippen LogP) is 3.34. The van der Waals surface area contributed by atoms with Crippen LogP contribution in [-0.4, -0.2) is 22.8 Å². The Hall–Kier alpha value is -1.55. The summed E-state index contributed by atoms with van der Waals surface area (Å²) in [5.41, 5.74) is 0.0985. The molecule has 0 spiro atoms. The normalized spacial score (nSPS) is 11.2. The number of hydroxylamine groups is 2. The van der Waals surface area contributed by atoms with Crippen molar-refractivity contribution in [2.45, 2.75) is 46.1 Å². The van der Waals surface area contributed by atoms with E-state index in [1.807, 2.05) is 24.3 Å². The quantitative estimate of drug-likeness (QED) is 0.487. The first-order chi connectivity index (χ1) is 8.89. The molecule has 0 heterocycles. The Labute approximate surface area is 114 Å². The molecule has 1 aromatic carbocycles. The van der Waals surface area contributed by atoms with Gasteiger partial charge in [0.2, 0.25) is 5.91 Å². The number of unbranched alkanes of at least 4 members (excludes halogenated alkanes) is 1. The van der Waals surface area contributed by atoms with Crippen molar-refractivity contribution >= 4 is 5.91 Å². The van der Waals surface area contributed by atoms with Gasteiger partial charge in [-0.2, -0.15) is 0 Å². The number of benzene rings is 1. The third-order valence-corrected chi connectivity index (χ3v) is 3.16. The lowest BCUT2D eigenvalue weighted by Gasteiger charge is -2.33. The molecule has 0 saturated carbocycles. The van der Waals surface area contributed by atoms with E-state index in [0.717, 1.165) is 29.2 Å². The van der Waals surface area contributed by atoms with Crippen LogP contribution in [0.3, 0.4) is 0 Å². The fraction of sp³-hybridized carbons (Fsp3) is 0.533. The van der Waals surface area contributed by atoms with Gasteiger partial charge in [0, 0.05) is 6.92 Å². The number of nitrogens with zero attached hydrogens (tertiary/aromatic N) is 1. The third kappa shape index (κ3) is 3.96. The molecule has 0 unspecified atom stereocenters. The Bertz CT molecular complexity index is 412. The van der Waals surface area contributed by atoms with Crippen molar-refractivity contribution < 1.29 is 14.7 Å². The standard InChI is InChI=1S/C15H23NO3/c1-5-6-11-19-14-9-7-13(8-10-14)15(3,4)16(18)12(2)17/h7-10,18H,5-6,11H2,1-4H3. The van der Waals surface area contributed by atoms with E-state index in [-0.39, 0.29) is 5.91 Å². The molecule has 4 nitrogen and oxygen atoms in total. The zero-order valence-electron chi connectivity index (χ0n) is 12.1. The van der Waals surface area contributed by atoms with E-state index >= 15 is 0 Å². The molecule has 1 rings (SSSR count). The molecule has 0 aliphatic heterocycles. The van der Waals surface area contributed by atoms with Crippen LogP contribution in [0.2, 0.25) is 0 Å². The summed E-state index contributed by atoms with van der Waals surface area (Å²) in [7, 11) is 0. The van der Waals surface area contributed by atoms with Gasteiger partial charge < -0.3 is 4.74 Å². The zero-order chi connectivity index (χ0) is 14.5. The van der Waals surface area contributed by atoms with Crippen LogP contribution < -0.4 is 4.74 Å². The van der Waals surface area contributed by atoms with Gasteiger partial charge in [0.15, 0.2) is 0 Å². The summed E-state index contributed by atoms with van der Waals surface area (Å²) in [6.07, 6.45) is 2.13. The van der Waals surface area contributed by atoms with Gasteiger partial charge in [0.25, 0.3) is 0 Å². The first-order valence-corrected chi connectivity index (χ1v) is 6.62. The topological polar surface area (TPSA) is 49.8 Å². The van der Waals surface area contributed by atoms with Crippen LogP contribution in [0.4, 0.5) is 0 Å². The van der Waals surface area contributed by atoms with Gasteiger partial charge in [0.1, 0.15) is 5.75 Å². The molecular weight excluding hydrogens is 242 g/mol. The largest absolute Gasteiger partial charge is 0.494 e. The van der Waals surface area contributed by atoms with Gasteiger partial charge >= 0.3 is 0 Å². The third-order valence-electron chi connectivity index (χ3n) is 3.16. The second-order valence-electron chi connectivity index (χ2n) is 5.12. The van der Waals surface area contributed by atoms with Crippen LogP contribution in [0.25, 0.3) is 0 Å². The molecule has 19 heavy (non-hydrogen) atoms. The van der Waals surface area contributed by atoms with Crippen molar-refractivity contribution in [2.24, 2.45) is 0 Å². The summed E-state index contributed by atoms with van der Waals surface area (Å²) in [4.78, 5) is 11.3. The smallest absolute Gasteiger partial charge is 0.243 e. The van der Waals surface area contributed by atoms with E-state index in [0.29, 0.717) is 6.61 Å². The van der Waals surface area contributed by atoms with E-state index in [1.165, 1.54) is 6.92 Å². The van der Waals surface area contributed by atoms with Crippen LogP contribution in [0, 0.1) is 0 Å². The minimum absolute atomic E-state index is 0.381. The minimum atomic E-state index is -0.756. The maximum atomic E-state index is 11.3. The monoisotopic (exact) mass is 265 g/mol. The lowest BCUT2D eigenvalue weighted by Crippen LogP contribution is -2.42. The molecule has 4 heteroatoms. The summed E-state index contributed by atoms with van der Waals surface area (Å²) < 4.78 is 5.58. The average Bonchev–Trinajstić information content (AvgIpc) is 2.38. The predicted molar refractivity (Wildman–Crippen MR) is 74.2 cm³/mol. The molecule has 0 atom stereocenters. The van der Waals surface area contributed by atoms with E-state index < -0.39 is 5.54 Å². The first kappa shape index (κ1) is 15.5. The Morgan fingerprint density at radius 3 is 2.37 bits per heavy atom. The molecule has 0 saturated heterocycles. The molecule has 0 bridgehead atoms. The van der Waals surface area contributed by atoms with E-state index in [9.17, 15) is 10.0 Å². The fourth-order valence-corrected chi connectivity index (χ4v) is 1.81. The molecular formula is C15H23NO3. The van der Waals surface area contributed by atoms with Crippen LogP contribution in [-0.2, 0) is 10.3 Å². The zero-order valence-corrected chi connectivity index (χ0v) is 12.1. The molecule has 1 amide bonds. The number of amides is 1. The molecule has 0 aromatic heterocycles. The molecule has 0 fully saturated rings. The van der Waals surface area contributed by atoms with Crippen LogP contribution in [0.5, 0.6) is 5.75 Å². The van der Waals surface area contributed by atoms with Crippen molar-refractivity contribution in [1.82, 2.24) is 5.06 Å². The molecule has 0 radical (unpaired) electrons. The second kappa shape index (κ2) is 6.57. The van der Waals surface area contributed by atoms with Gasteiger partial charge in [-0.3, -0.25) is 10.0 Å². The van der Waals surface area contributed by atoms with E-state index in [4.69, 9.17) is 4.74 Å². The molecule has 0 aliphatic carbocycles. The van der Waals surface area contributed by atoms with Gasteiger partial charge in [0.05, 0.1) is 12.1 Å². The van der Waals surface area contributed by atoms with Crippen LogP contribution >= 0.6 is 0 Å². The van der Waals surface area contributed by atoms with Crippen molar-refractivity contribution in [3.05, 3.63) is 29.8 Å². The second-order valence-corrected chi connectivity index (χ2v) is 5.12. The van der Waals surface area contributed by atoms with Gasteiger partial charge in [-0.15, -0.1) is 0 Å². The van der Waals surface area contributed by atoms with Gasteiger partial charge in [-0.25, -0.2) is 5.06 Å². The number of carbonyl (C=O) groups is 1.